The van der Waals surface area contributed by atoms with Gasteiger partial charge in [-0.25, -0.2) is 4.98 Å². The molecule has 2 amide bonds. The number of fused-ring (bicyclic) bond motifs is 1. The van der Waals surface area contributed by atoms with Crippen molar-refractivity contribution in [2.45, 2.75) is 85.0 Å². The van der Waals surface area contributed by atoms with Gasteiger partial charge < -0.3 is 19.5 Å². The maximum absolute atomic E-state index is 13.5. The van der Waals surface area contributed by atoms with Crippen LogP contribution in [-0.4, -0.2) is 63.4 Å². The van der Waals surface area contributed by atoms with E-state index in [-0.39, 0.29) is 17.9 Å². The number of amides is 2. The summed E-state index contributed by atoms with van der Waals surface area (Å²) in [4.78, 5) is 36.8. The van der Waals surface area contributed by atoms with Crippen molar-refractivity contribution in [3.63, 3.8) is 0 Å². The molecule has 4 rings (SSSR count). The van der Waals surface area contributed by atoms with Crippen molar-refractivity contribution in [3.05, 3.63) is 69.9 Å². The van der Waals surface area contributed by atoms with Gasteiger partial charge in [-0.2, -0.15) is 0 Å². The Morgan fingerprint density at radius 1 is 1.17 bits per heavy atom. The normalized spacial score (nSPS) is 15.3. The first kappa shape index (κ1) is 30.8. The quantitative estimate of drug-likeness (QED) is 0.358. The SMILES string of the molecule is Cc1ccc(CN(CCCn2ccnc2)C(=O)CCc2ccc3c(c2)CN(C(C)C)CC(=O)NCCCCCO3)s1. The lowest BCUT2D eigenvalue weighted by molar-refractivity contribution is -0.131. The number of nitrogens with zero attached hydrogens (tertiary/aromatic N) is 4. The number of carbonyl (C=O) groups is 2. The molecule has 41 heavy (non-hydrogen) atoms. The summed E-state index contributed by atoms with van der Waals surface area (Å²) in [6.07, 6.45) is 10.5. The molecular weight excluding hydrogens is 534 g/mol. The molecule has 8 nitrogen and oxygen atoms in total. The van der Waals surface area contributed by atoms with E-state index in [1.165, 1.54) is 9.75 Å². The molecule has 2 aromatic heterocycles. The summed E-state index contributed by atoms with van der Waals surface area (Å²) in [7, 11) is 0. The minimum Gasteiger partial charge on any atom is -0.493 e. The van der Waals surface area contributed by atoms with Crippen LogP contribution in [0.3, 0.4) is 0 Å². The van der Waals surface area contributed by atoms with Crippen molar-refractivity contribution >= 4 is 23.2 Å². The summed E-state index contributed by atoms with van der Waals surface area (Å²) in [5, 5.41) is 3.06. The Morgan fingerprint density at radius 3 is 2.80 bits per heavy atom. The first-order valence-corrected chi connectivity index (χ1v) is 15.7. The molecule has 1 aliphatic rings. The van der Waals surface area contributed by atoms with E-state index in [0.29, 0.717) is 52.2 Å². The van der Waals surface area contributed by atoms with E-state index in [0.717, 1.165) is 49.1 Å². The summed E-state index contributed by atoms with van der Waals surface area (Å²) >= 11 is 1.75. The first-order valence-electron chi connectivity index (χ1n) is 14.9. The summed E-state index contributed by atoms with van der Waals surface area (Å²) in [6.45, 7) is 10.9. The van der Waals surface area contributed by atoms with E-state index in [9.17, 15) is 9.59 Å². The summed E-state index contributed by atoms with van der Waals surface area (Å²) in [6, 6.07) is 10.8. The zero-order chi connectivity index (χ0) is 29.0. The number of imidazole rings is 1. The van der Waals surface area contributed by atoms with Crippen molar-refractivity contribution in [1.82, 2.24) is 24.7 Å². The maximum Gasteiger partial charge on any atom is 0.234 e. The van der Waals surface area contributed by atoms with Gasteiger partial charge in [-0.15, -0.1) is 11.3 Å². The Balaban J connectivity index is 1.44. The summed E-state index contributed by atoms with van der Waals surface area (Å²) in [5.74, 6) is 1.11. The minimum atomic E-state index is 0.0660. The van der Waals surface area contributed by atoms with Crippen molar-refractivity contribution in [2.24, 2.45) is 0 Å². The summed E-state index contributed by atoms with van der Waals surface area (Å²) < 4.78 is 8.26. The second-order valence-corrected chi connectivity index (χ2v) is 12.6. The largest absolute Gasteiger partial charge is 0.493 e. The standard InChI is InChI=1S/C32H45N5O3S/c1-25(2)37-21-28-20-27(9-12-30(28)40-19-6-4-5-14-34-31(38)23-37)10-13-32(39)36(22-29-11-8-26(3)41-29)17-7-16-35-18-15-33-24-35/h8-9,11-12,15,18,20,24-25H,4-7,10,13-14,16-17,19,21-23H2,1-3H3,(H,34,38). The Labute approximate surface area is 248 Å². The van der Waals surface area contributed by atoms with Gasteiger partial charge in [0, 0.05) is 66.4 Å². The van der Waals surface area contributed by atoms with E-state index in [2.05, 4.69) is 64.8 Å². The molecule has 9 heteroatoms. The molecular formula is C32H45N5O3S. The molecule has 1 aromatic carbocycles. The predicted octanol–water partition coefficient (Wildman–Crippen LogP) is 5.19. The van der Waals surface area contributed by atoms with Crippen LogP contribution in [0.2, 0.25) is 0 Å². The third-order valence-electron chi connectivity index (χ3n) is 7.50. The fourth-order valence-electron chi connectivity index (χ4n) is 5.07. The van der Waals surface area contributed by atoms with Crippen LogP contribution in [-0.2, 0) is 35.6 Å². The van der Waals surface area contributed by atoms with E-state index in [1.54, 1.807) is 17.5 Å². The number of thiophene rings is 1. The van der Waals surface area contributed by atoms with Gasteiger partial charge in [0.25, 0.3) is 0 Å². The monoisotopic (exact) mass is 579 g/mol. The van der Waals surface area contributed by atoms with Gasteiger partial charge >= 0.3 is 0 Å². The number of carbonyl (C=O) groups excluding carboxylic acids is 2. The van der Waals surface area contributed by atoms with Crippen LogP contribution in [0.5, 0.6) is 5.75 Å². The highest BCUT2D eigenvalue weighted by Crippen LogP contribution is 2.25. The van der Waals surface area contributed by atoms with E-state index in [1.807, 2.05) is 23.5 Å². The second-order valence-electron chi connectivity index (χ2n) is 11.2. The topological polar surface area (TPSA) is 79.7 Å². The van der Waals surface area contributed by atoms with Crippen LogP contribution in [0.25, 0.3) is 0 Å². The Morgan fingerprint density at radius 2 is 2.05 bits per heavy atom. The molecule has 0 radical (unpaired) electrons. The molecule has 0 spiro atoms. The highest BCUT2D eigenvalue weighted by Gasteiger charge is 2.19. The van der Waals surface area contributed by atoms with Crippen molar-refractivity contribution < 1.29 is 14.3 Å². The predicted molar refractivity (Wildman–Crippen MR) is 164 cm³/mol. The molecule has 0 fully saturated rings. The second kappa shape index (κ2) is 15.7. The van der Waals surface area contributed by atoms with Crippen LogP contribution in [0.1, 0.15) is 66.8 Å². The molecule has 0 saturated heterocycles. The van der Waals surface area contributed by atoms with Crippen LogP contribution >= 0.6 is 11.3 Å². The number of aromatic nitrogens is 2. The molecule has 0 saturated carbocycles. The van der Waals surface area contributed by atoms with Gasteiger partial charge in [0.15, 0.2) is 0 Å². The first-order chi connectivity index (χ1) is 19.9. The molecule has 0 bridgehead atoms. The van der Waals surface area contributed by atoms with Gasteiger partial charge in [0.2, 0.25) is 11.8 Å². The van der Waals surface area contributed by atoms with E-state index < -0.39 is 0 Å². The molecule has 222 valence electrons. The van der Waals surface area contributed by atoms with Crippen molar-refractivity contribution in [2.75, 3.05) is 26.2 Å². The van der Waals surface area contributed by atoms with E-state index >= 15 is 0 Å². The molecule has 1 aliphatic heterocycles. The Kier molecular flexibility index (Phi) is 11.8. The number of hydrogen-bond acceptors (Lipinski definition) is 6. The lowest BCUT2D eigenvalue weighted by atomic mass is 10.0. The molecule has 3 heterocycles. The van der Waals surface area contributed by atoms with Crippen LogP contribution in [0, 0.1) is 6.92 Å². The van der Waals surface area contributed by atoms with Crippen molar-refractivity contribution in [1.29, 1.82) is 0 Å². The number of benzene rings is 1. The Hall–Kier alpha value is -3.17. The molecule has 0 aliphatic carbocycles. The highest BCUT2D eigenvalue weighted by atomic mass is 32.1. The zero-order valence-corrected chi connectivity index (χ0v) is 25.6. The molecule has 1 N–H and O–H groups in total. The third kappa shape index (κ3) is 10.0. The fraction of sp³-hybridized carbons (Fsp3) is 0.531. The van der Waals surface area contributed by atoms with Gasteiger partial charge in [-0.05, 0) is 76.6 Å². The third-order valence-corrected chi connectivity index (χ3v) is 8.49. The average Bonchev–Trinajstić information content (AvgIpc) is 3.62. The average molecular weight is 580 g/mol. The smallest absolute Gasteiger partial charge is 0.234 e. The van der Waals surface area contributed by atoms with E-state index in [4.69, 9.17) is 4.74 Å². The molecule has 3 aromatic rings. The number of aryl methyl sites for hydroxylation is 3. The number of nitrogens with one attached hydrogen (secondary N) is 1. The lowest BCUT2D eigenvalue weighted by Gasteiger charge is -2.27. The minimum absolute atomic E-state index is 0.0660. The van der Waals surface area contributed by atoms with Gasteiger partial charge in [-0.3, -0.25) is 14.5 Å². The fourth-order valence-corrected chi connectivity index (χ4v) is 5.98. The number of rotatable bonds is 10. The highest BCUT2D eigenvalue weighted by molar-refractivity contribution is 7.11. The Bertz CT molecular complexity index is 1240. The maximum atomic E-state index is 13.5. The van der Waals surface area contributed by atoms with Crippen LogP contribution < -0.4 is 10.1 Å². The lowest BCUT2D eigenvalue weighted by Crippen LogP contribution is -2.40. The summed E-state index contributed by atoms with van der Waals surface area (Å²) in [5.41, 5.74) is 2.19. The number of hydrogen-bond donors (Lipinski definition) is 1. The van der Waals surface area contributed by atoms with Crippen LogP contribution in [0.15, 0.2) is 49.1 Å². The zero-order valence-electron chi connectivity index (χ0n) is 24.8. The van der Waals surface area contributed by atoms with Crippen molar-refractivity contribution in [3.8, 4) is 5.75 Å². The van der Waals surface area contributed by atoms with Gasteiger partial charge in [-0.1, -0.05) is 12.1 Å². The molecule has 0 unspecified atom stereocenters. The van der Waals surface area contributed by atoms with Gasteiger partial charge in [0.1, 0.15) is 5.75 Å². The van der Waals surface area contributed by atoms with Crippen LogP contribution in [0.4, 0.5) is 0 Å². The molecule has 0 atom stereocenters. The number of ether oxygens (including phenoxy) is 1. The van der Waals surface area contributed by atoms with Gasteiger partial charge in [0.05, 0.1) is 26.0 Å².